The Balaban J connectivity index is 1.83. The summed E-state index contributed by atoms with van der Waals surface area (Å²) in [5, 5.41) is 1.17. The summed E-state index contributed by atoms with van der Waals surface area (Å²) < 4.78 is 4.71. The van der Waals surface area contributed by atoms with Crippen LogP contribution >= 0.6 is 23.2 Å². The zero-order valence-corrected chi connectivity index (χ0v) is 11.1. The van der Waals surface area contributed by atoms with Gasteiger partial charge in [0, 0.05) is 0 Å². The number of aryl methyl sites for hydroxylation is 1. The predicted octanol–water partition coefficient (Wildman–Crippen LogP) is 3.74. The van der Waals surface area contributed by atoms with Gasteiger partial charge in [-0.3, -0.25) is 4.79 Å². The molecule has 2 unspecified atom stereocenters. The quantitative estimate of drug-likeness (QED) is 0.781. The third kappa shape index (κ3) is 3.14. The first-order valence-electron chi connectivity index (χ1n) is 5.63. The van der Waals surface area contributed by atoms with Crippen LogP contribution in [0.3, 0.4) is 0 Å². The first-order chi connectivity index (χ1) is 8.11. The average molecular weight is 273 g/mol. The minimum Gasteiger partial charge on any atom is -0.469 e. The first-order valence-corrected chi connectivity index (χ1v) is 6.39. The number of rotatable bonds is 4. The van der Waals surface area contributed by atoms with Gasteiger partial charge in [-0.25, -0.2) is 0 Å². The van der Waals surface area contributed by atoms with Gasteiger partial charge in [-0.15, -0.1) is 0 Å². The number of carbonyl (C=O) groups excluding carboxylic acids is 1. The van der Waals surface area contributed by atoms with Gasteiger partial charge in [0.25, 0.3) is 0 Å². The highest BCUT2D eigenvalue weighted by molar-refractivity contribution is 6.42. The number of benzene rings is 1. The molecule has 1 aliphatic rings. The minimum absolute atomic E-state index is 0.0795. The molecule has 0 aliphatic heterocycles. The van der Waals surface area contributed by atoms with Gasteiger partial charge in [-0.2, -0.15) is 0 Å². The van der Waals surface area contributed by atoms with Crippen LogP contribution < -0.4 is 0 Å². The molecule has 1 saturated carbocycles. The normalized spacial score (nSPS) is 22.3. The summed E-state index contributed by atoms with van der Waals surface area (Å²) in [6.07, 6.45) is 2.88. The van der Waals surface area contributed by atoms with Crippen molar-refractivity contribution in [3.8, 4) is 0 Å². The van der Waals surface area contributed by atoms with Crippen molar-refractivity contribution in [2.24, 2.45) is 11.8 Å². The molecular formula is C13H14Cl2O2. The fraction of sp³-hybridized carbons (Fsp3) is 0.462. The summed E-state index contributed by atoms with van der Waals surface area (Å²) in [7, 11) is 1.44. The van der Waals surface area contributed by atoms with Crippen molar-refractivity contribution in [2.45, 2.75) is 19.3 Å². The number of hydrogen-bond donors (Lipinski definition) is 0. The van der Waals surface area contributed by atoms with Crippen molar-refractivity contribution in [1.29, 1.82) is 0 Å². The molecule has 0 heterocycles. The van der Waals surface area contributed by atoms with E-state index < -0.39 is 0 Å². The van der Waals surface area contributed by atoms with E-state index in [0.29, 0.717) is 16.0 Å². The standard InChI is InChI=1S/C13H14Cl2O2/c1-17-13(16)10-7-9(10)4-2-8-3-5-11(14)12(15)6-8/h3,5-6,9-10H,2,4,7H2,1H3. The lowest BCUT2D eigenvalue weighted by Gasteiger charge is -2.03. The third-order valence-corrected chi connectivity index (χ3v) is 3.95. The van der Waals surface area contributed by atoms with Gasteiger partial charge in [0.2, 0.25) is 0 Å². The maximum absolute atomic E-state index is 11.2. The fourth-order valence-corrected chi connectivity index (χ4v) is 2.37. The zero-order valence-electron chi connectivity index (χ0n) is 9.58. The van der Waals surface area contributed by atoms with Gasteiger partial charge < -0.3 is 4.74 Å². The highest BCUT2D eigenvalue weighted by Gasteiger charge is 2.43. The van der Waals surface area contributed by atoms with Gasteiger partial charge in [-0.1, -0.05) is 29.3 Å². The number of ether oxygens (including phenoxy) is 1. The third-order valence-electron chi connectivity index (χ3n) is 3.21. The van der Waals surface area contributed by atoms with Crippen molar-refractivity contribution in [3.63, 3.8) is 0 Å². The van der Waals surface area contributed by atoms with E-state index in [9.17, 15) is 4.79 Å². The Kier molecular flexibility index (Phi) is 3.95. The predicted molar refractivity (Wildman–Crippen MR) is 68.4 cm³/mol. The largest absolute Gasteiger partial charge is 0.469 e. The van der Waals surface area contributed by atoms with Gasteiger partial charge in [0.05, 0.1) is 23.1 Å². The van der Waals surface area contributed by atoms with E-state index >= 15 is 0 Å². The molecule has 4 heteroatoms. The maximum Gasteiger partial charge on any atom is 0.308 e. The van der Waals surface area contributed by atoms with E-state index in [4.69, 9.17) is 27.9 Å². The molecular weight excluding hydrogens is 259 g/mol. The van der Waals surface area contributed by atoms with E-state index in [2.05, 4.69) is 0 Å². The molecule has 0 saturated heterocycles. The monoisotopic (exact) mass is 272 g/mol. The summed E-state index contributed by atoms with van der Waals surface area (Å²) in [4.78, 5) is 11.2. The number of methoxy groups -OCH3 is 1. The topological polar surface area (TPSA) is 26.3 Å². The number of halogens is 2. The molecule has 0 bridgehead atoms. The molecule has 1 fully saturated rings. The van der Waals surface area contributed by atoms with Gasteiger partial charge >= 0.3 is 5.97 Å². The Morgan fingerprint density at radius 2 is 2.18 bits per heavy atom. The van der Waals surface area contributed by atoms with E-state index in [1.807, 2.05) is 18.2 Å². The molecule has 2 atom stereocenters. The smallest absolute Gasteiger partial charge is 0.308 e. The second-order valence-electron chi connectivity index (χ2n) is 4.41. The van der Waals surface area contributed by atoms with Crippen LogP contribution in [0.25, 0.3) is 0 Å². The SMILES string of the molecule is COC(=O)C1CC1CCc1ccc(Cl)c(Cl)c1. The van der Waals surface area contributed by atoms with Crippen molar-refractivity contribution < 1.29 is 9.53 Å². The molecule has 0 radical (unpaired) electrons. The molecule has 0 spiro atoms. The molecule has 0 aromatic heterocycles. The second kappa shape index (κ2) is 5.28. The fourth-order valence-electron chi connectivity index (χ4n) is 2.05. The van der Waals surface area contributed by atoms with E-state index in [1.165, 1.54) is 7.11 Å². The summed E-state index contributed by atoms with van der Waals surface area (Å²) in [5.74, 6) is 0.504. The van der Waals surface area contributed by atoms with Crippen LogP contribution in [0.4, 0.5) is 0 Å². The summed E-state index contributed by atoms with van der Waals surface area (Å²) in [6, 6.07) is 5.67. The lowest BCUT2D eigenvalue weighted by atomic mass is 10.1. The first kappa shape index (κ1) is 12.7. The van der Waals surface area contributed by atoms with Crippen LogP contribution in [0.2, 0.25) is 10.0 Å². The molecule has 2 nitrogen and oxygen atoms in total. The Labute approximate surface area is 111 Å². The highest BCUT2D eigenvalue weighted by atomic mass is 35.5. The summed E-state index contributed by atoms with van der Waals surface area (Å²) in [6.45, 7) is 0. The lowest BCUT2D eigenvalue weighted by molar-refractivity contribution is -0.142. The van der Waals surface area contributed by atoms with Crippen LogP contribution in [-0.4, -0.2) is 13.1 Å². The number of hydrogen-bond acceptors (Lipinski definition) is 2. The summed E-state index contributed by atoms with van der Waals surface area (Å²) >= 11 is 11.8. The number of esters is 1. The van der Waals surface area contributed by atoms with E-state index in [-0.39, 0.29) is 11.9 Å². The van der Waals surface area contributed by atoms with Crippen molar-refractivity contribution in [3.05, 3.63) is 33.8 Å². The van der Waals surface area contributed by atoms with Crippen molar-refractivity contribution >= 4 is 29.2 Å². The molecule has 1 aromatic rings. The lowest BCUT2D eigenvalue weighted by Crippen LogP contribution is -2.04. The van der Waals surface area contributed by atoms with Crippen molar-refractivity contribution in [1.82, 2.24) is 0 Å². The molecule has 92 valence electrons. The van der Waals surface area contributed by atoms with Crippen LogP contribution in [0.5, 0.6) is 0 Å². The molecule has 2 rings (SSSR count). The van der Waals surface area contributed by atoms with Crippen LogP contribution in [-0.2, 0) is 16.0 Å². The summed E-state index contributed by atoms with van der Waals surface area (Å²) in [5.41, 5.74) is 1.16. The maximum atomic E-state index is 11.2. The molecule has 1 aromatic carbocycles. The van der Waals surface area contributed by atoms with Crippen molar-refractivity contribution in [2.75, 3.05) is 7.11 Å². The van der Waals surface area contributed by atoms with Crippen LogP contribution in [0, 0.1) is 11.8 Å². The van der Waals surface area contributed by atoms with E-state index in [1.54, 1.807) is 0 Å². The Hall–Kier alpha value is -0.730. The molecule has 17 heavy (non-hydrogen) atoms. The Morgan fingerprint density at radius 3 is 2.82 bits per heavy atom. The van der Waals surface area contributed by atoms with Gasteiger partial charge in [0.15, 0.2) is 0 Å². The van der Waals surface area contributed by atoms with Gasteiger partial charge in [0.1, 0.15) is 0 Å². The Morgan fingerprint density at radius 1 is 1.41 bits per heavy atom. The second-order valence-corrected chi connectivity index (χ2v) is 5.23. The average Bonchev–Trinajstić information content (AvgIpc) is 3.09. The molecule has 0 N–H and O–H groups in total. The molecule has 0 amide bonds. The minimum atomic E-state index is -0.0795. The number of carbonyl (C=O) groups is 1. The van der Waals surface area contributed by atoms with Crippen LogP contribution in [0.15, 0.2) is 18.2 Å². The Bertz CT molecular complexity index is 431. The molecule has 1 aliphatic carbocycles. The van der Waals surface area contributed by atoms with Gasteiger partial charge in [-0.05, 0) is 42.9 Å². The zero-order chi connectivity index (χ0) is 12.4. The highest BCUT2D eigenvalue weighted by Crippen LogP contribution is 2.42. The van der Waals surface area contributed by atoms with E-state index in [0.717, 1.165) is 24.8 Å². The van der Waals surface area contributed by atoms with Crippen LogP contribution in [0.1, 0.15) is 18.4 Å².